The van der Waals surface area contributed by atoms with Gasteiger partial charge in [-0.15, -0.1) is 0 Å². The van der Waals surface area contributed by atoms with Crippen LogP contribution in [0.4, 0.5) is 0 Å². The zero-order valence-electron chi connectivity index (χ0n) is 13.9. The molecule has 1 aliphatic rings. The predicted octanol–water partition coefficient (Wildman–Crippen LogP) is 1.58. The highest BCUT2D eigenvalue weighted by atomic mass is 32.2. The first-order valence-corrected chi connectivity index (χ1v) is 9.34. The Kier molecular flexibility index (Phi) is 5.78. The Hall–Kier alpha value is -1.44. The summed E-state index contributed by atoms with van der Waals surface area (Å²) in [6, 6.07) is 6.20. The molecule has 1 aromatic carbocycles. The van der Waals surface area contributed by atoms with Gasteiger partial charge in [0.25, 0.3) is 5.91 Å². The van der Waals surface area contributed by atoms with E-state index in [-0.39, 0.29) is 16.8 Å². The standard InChI is InChI=1S/C16H24N2O4S/c1-4-17(5-2)23(20,21)15-8-6-14(7-9-15)16(19)18-10-11-22-12-13(18)3/h6-9,13H,4-5,10-12H2,1-3H3. The number of carbonyl (C=O) groups is 1. The SMILES string of the molecule is CCN(CC)S(=O)(=O)c1ccc(C(=O)N2CCOCC2C)cc1. The summed E-state index contributed by atoms with van der Waals surface area (Å²) in [4.78, 5) is 14.5. The summed E-state index contributed by atoms with van der Waals surface area (Å²) in [5.74, 6) is -0.0902. The monoisotopic (exact) mass is 340 g/mol. The van der Waals surface area contributed by atoms with E-state index in [2.05, 4.69) is 0 Å². The molecule has 7 heteroatoms. The van der Waals surface area contributed by atoms with Crippen LogP contribution in [0.5, 0.6) is 0 Å². The first-order valence-electron chi connectivity index (χ1n) is 7.90. The lowest BCUT2D eigenvalue weighted by atomic mass is 10.1. The van der Waals surface area contributed by atoms with Gasteiger partial charge in [-0.05, 0) is 31.2 Å². The number of hydrogen-bond donors (Lipinski definition) is 0. The second kappa shape index (κ2) is 7.42. The van der Waals surface area contributed by atoms with E-state index in [9.17, 15) is 13.2 Å². The summed E-state index contributed by atoms with van der Waals surface area (Å²) in [6.07, 6.45) is 0. The first kappa shape index (κ1) is 17.9. The molecule has 2 rings (SSSR count). The number of nitrogens with zero attached hydrogens (tertiary/aromatic N) is 2. The maximum Gasteiger partial charge on any atom is 0.254 e. The van der Waals surface area contributed by atoms with Crippen molar-refractivity contribution in [3.05, 3.63) is 29.8 Å². The molecule has 1 heterocycles. The highest BCUT2D eigenvalue weighted by molar-refractivity contribution is 7.89. The molecule has 1 unspecified atom stereocenters. The zero-order chi connectivity index (χ0) is 17.0. The van der Waals surface area contributed by atoms with Crippen molar-refractivity contribution in [1.82, 2.24) is 9.21 Å². The molecule has 0 spiro atoms. The quantitative estimate of drug-likeness (QED) is 0.816. The maximum atomic E-state index is 12.5. The van der Waals surface area contributed by atoms with E-state index < -0.39 is 10.0 Å². The average molecular weight is 340 g/mol. The van der Waals surface area contributed by atoms with Gasteiger partial charge in [0.1, 0.15) is 0 Å². The van der Waals surface area contributed by atoms with Gasteiger partial charge in [-0.1, -0.05) is 13.8 Å². The average Bonchev–Trinajstić information content (AvgIpc) is 2.55. The minimum atomic E-state index is -3.49. The number of morpholine rings is 1. The van der Waals surface area contributed by atoms with E-state index in [0.29, 0.717) is 38.4 Å². The molecule has 0 bridgehead atoms. The smallest absolute Gasteiger partial charge is 0.254 e. The molecule has 1 fully saturated rings. The van der Waals surface area contributed by atoms with Crippen LogP contribution >= 0.6 is 0 Å². The Morgan fingerprint density at radius 2 is 1.87 bits per heavy atom. The number of carbonyl (C=O) groups excluding carboxylic acids is 1. The number of rotatable bonds is 5. The van der Waals surface area contributed by atoms with Crippen LogP contribution < -0.4 is 0 Å². The number of ether oxygens (including phenoxy) is 1. The minimum absolute atomic E-state index is 0.0235. The van der Waals surface area contributed by atoms with Crippen LogP contribution in [0.15, 0.2) is 29.2 Å². The van der Waals surface area contributed by atoms with Crippen molar-refractivity contribution in [3.8, 4) is 0 Å². The molecule has 1 atom stereocenters. The van der Waals surface area contributed by atoms with Crippen molar-refractivity contribution in [2.75, 3.05) is 32.8 Å². The van der Waals surface area contributed by atoms with Crippen LogP contribution in [0.2, 0.25) is 0 Å². The van der Waals surface area contributed by atoms with E-state index in [1.54, 1.807) is 30.9 Å². The van der Waals surface area contributed by atoms with Crippen molar-refractivity contribution < 1.29 is 17.9 Å². The summed E-state index contributed by atoms with van der Waals surface area (Å²) in [7, 11) is -3.49. The van der Waals surface area contributed by atoms with E-state index >= 15 is 0 Å². The fraction of sp³-hybridized carbons (Fsp3) is 0.562. The topological polar surface area (TPSA) is 66.9 Å². The fourth-order valence-electron chi connectivity index (χ4n) is 2.68. The lowest BCUT2D eigenvalue weighted by molar-refractivity contribution is 0.00359. The Morgan fingerprint density at radius 1 is 1.26 bits per heavy atom. The fourth-order valence-corrected chi connectivity index (χ4v) is 4.13. The molecule has 0 saturated carbocycles. The van der Waals surface area contributed by atoms with Crippen LogP contribution in [-0.4, -0.2) is 62.4 Å². The molecular formula is C16H24N2O4S. The number of benzene rings is 1. The van der Waals surface area contributed by atoms with E-state index in [4.69, 9.17) is 4.74 Å². The summed E-state index contributed by atoms with van der Waals surface area (Å²) in [5.41, 5.74) is 0.497. The molecule has 1 aliphatic heterocycles. The van der Waals surface area contributed by atoms with Crippen LogP contribution in [0, 0.1) is 0 Å². The third-order valence-electron chi connectivity index (χ3n) is 4.07. The number of amides is 1. The normalized spacial score (nSPS) is 19.1. The lowest BCUT2D eigenvalue weighted by Crippen LogP contribution is -2.47. The van der Waals surface area contributed by atoms with Crippen molar-refractivity contribution in [2.45, 2.75) is 31.7 Å². The molecule has 0 aromatic heterocycles. The first-order chi connectivity index (χ1) is 10.9. The Bertz CT molecular complexity index is 639. The molecule has 0 radical (unpaired) electrons. The molecule has 128 valence electrons. The number of hydrogen-bond acceptors (Lipinski definition) is 4. The van der Waals surface area contributed by atoms with E-state index in [1.165, 1.54) is 16.4 Å². The molecule has 23 heavy (non-hydrogen) atoms. The summed E-state index contributed by atoms with van der Waals surface area (Å²) >= 11 is 0. The molecule has 0 aliphatic carbocycles. The van der Waals surface area contributed by atoms with Crippen molar-refractivity contribution in [2.24, 2.45) is 0 Å². The van der Waals surface area contributed by atoms with Crippen LogP contribution in [0.3, 0.4) is 0 Å². The van der Waals surface area contributed by atoms with Gasteiger partial charge in [0, 0.05) is 25.2 Å². The Balaban J connectivity index is 2.21. The summed E-state index contributed by atoms with van der Waals surface area (Å²) < 4.78 is 31.6. The van der Waals surface area contributed by atoms with Gasteiger partial charge in [-0.3, -0.25) is 4.79 Å². The van der Waals surface area contributed by atoms with Crippen LogP contribution in [-0.2, 0) is 14.8 Å². The van der Waals surface area contributed by atoms with E-state index in [1.807, 2.05) is 6.92 Å². The van der Waals surface area contributed by atoms with Gasteiger partial charge in [-0.25, -0.2) is 8.42 Å². The predicted molar refractivity (Wildman–Crippen MR) is 87.9 cm³/mol. The third kappa shape index (κ3) is 3.73. The maximum absolute atomic E-state index is 12.5. The van der Waals surface area contributed by atoms with Gasteiger partial charge in [-0.2, -0.15) is 4.31 Å². The largest absolute Gasteiger partial charge is 0.377 e. The van der Waals surface area contributed by atoms with Gasteiger partial charge in [0.2, 0.25) is 10.0 Å². The summed E-state index contributed by atoms with van der Waals surface area (Å²) in [6.45, 7) is 8.01. The van der Waals surface area contributed by atoms with Gasteiger partial charge in [0.15, 0.2) is 0 Å². The molecule has 1 saturated heterocycles. The lowest BCUT2D eigenvalue weighted by Gasteiger charge is -2.33. The van der Waals surface area contributed by atoms with Gasteiger partial charge in [0.05, 0.1) is 24.2 Å². The highest BCUT2D eigenvalue weighted by Gasteiger charge is 2.26. The zero-order valence-corrected chi connectivity index (χ0v) is 14.7. The second-order valence-corrected chi connectivity index (χ2v) is 7.47. The Labute approximate surface area is 138 Å². The van der Waals surface area contributed by atoms with Crippen molar-refractivity contribution >= 4 is 15.9 Å². The summed E-state index contributed by atoms with van der Waals surface area (Å²) in [5, 5.41) is 0. The molecule has 1 aromatic rings. The van der Waals surface area contributed by atoms with E-state index in [0.717, 1.165) is 0 Å². The molecule has 6 nitrogen and oxygen atoms in total. The third-order valence-corrected chi connectivity index (χ3v) is 6.14. The van der Waals surface area contributed by atoms with Crippen LogP contribution in [0.1, 0.15) is 31.1 Å². The van der Waals surface area contributed by atoms with Gasteiger partial charge < -0.3 is 9.64 Å². The van der Waals surface area contributed by atoms with Crippen molar-refractivity contribution in [3.63, 3.8) is 0 Å². The Morgan fingerprint density at radius 3 is 2.39 bits per heavy atom. The van der Waals surface area contributed by atoms with Gasteiger partial charge >= 0.3 is 0 Å². The molecule has 1 amide bonds. The molecular weight excluding hydrogens is 316 g/mol. The number of sulfonamides is 1. The second-order valence-electron chi connectivity index (χ2n) is 5.54. The van der Waals surface area contributed by atoms with Crippen LogP contribution in [0.25, 0.3) is 0 Å². The minimum Gasteiger partial charge on any atom is -0.377 e. The van der Waals surface area contributed by atoms with Crippen molar-refractivity contribution in [1.29, 1.82) is 0 Å². The highest BCUT2D eigenvalue weighted by Crippen LogP contribution is 2.18. The molecule has 0 N–H and O–H groups in total.